The van der Waals surface area contributed by atoms with Gasteiger partial charge in [0.2, 0.25) is 0 Å². The van der Waals surface area contributed by atoms with Crippen LogP contribution in [0.2, 0.25) is 0 Å². The van der Waals surface area contributed by atoms with Crippen molar-refractivity contribution < 1.29 is 4.42 Å². The number of anilines is 1. The first kappa shape index (κ1) is 16.3. The second kappa shape index (κ2) is 6.70. The van der Waals surface area contributed by atoms with Crippen LogP contribution in [0.15, 0.2) is 77.8 Å². The fourth-order valence-electron chi connectivity index (χ4n) is 3.22. The van der Waals surface area contributed by atoms with E-state index in [0.29, 0.717) is 12.3 Å². The molecule has 7 nitrogen and oxygen atoms in total. The molecule has 5 rings (SSSR count). The Morgan fingerprint density at radius 1 is 1.07 bits per heavy atom. The average molecular weight is 370 g/mol. The van der Waals surface area contributed by atoms with E-state index in [1.165, 1.54) is 5.56 Å². The van der Waals surface area contributed by atoms with Crippen molar-refractivity contribution in [2.75, 3.05) is 5.32 Å². The summed E-state index contributed by atoms with van der Waals surface area (Å²) in [5.41, 5.74) is 4.52. The molecular weight excluding hydrogens is 352 g/mol. The van der Waals surface area contributed by atoms with Crippen molar-refractivity contribution in [1.29, 1.82) is 0 Å². The van der Waals surface area contributed by atoms with Gasteiger partial charge in [0.1, 0.15) is 11.5 Å². The molecule has 4 heterocycles. The van der Waals surface area contributed by atoms with Crippen LogP contribution in [0.5, 0.6) is 0 Å². The molecule has 0 amide bonds. The van der Waals surface area contributed by atoms with E-state index < -0.39 is 0 Å². The fraction of sp³-hybridized carbons (Fsp3) is 0.0952. The molecule has 0 fully saturated rings. The predicted octanol–water partition coefficient (Wildman–Crippen LogP) is 4.00. The molecule has 0 radical (unpaired) electrons. The third-order valence-corrected chi connectivity index (χ3v) is 4.55. The van der Waals surface area contributed by atoms with Gasteiger partial charge in [-0.2, -0.15) is 10.2 Å². The Balaban J connectivity index is 1.59. The molecule has 0 saturated carbocycles. The maximum Gasteiger partial charge on any atom is 0.166 e. The van der Waals surface area contributed by atoms with Gasteiger partial charge in [0, 0.05) is 31.5 Å². The maximum absolute atomic E-state index is 5.61. The highest BCUT2D eigenvalue weighted by Gasteiger charge is 2.20. The lowest BCUT2D eigenvalue weighted by Gasteiger charge is -2.06. The monoisotopic (exact) mass is 370 g/mol. The number of benzene rings is 1. The molecular formula is C21H18N6O. The van der Waals surface area contributed by atoms with E-state index in [2.05, 4.69) is 22.5 Å². The highest BCUT2D eigenvalue weighted by molar-refractivity contribution is 5.89. The molecule has 1 aromatic carbocycles. The summed E-state index contributed by atoms with van der Waals surface area (Å²) in [5, 5.41) is 12.4. The summed E-state index contributed by atoms with van der Waals surface area (Å²) in [7, 11) is 1.89. The van der Waals surface area contributed by atoms with Crippen LogP contribution in [0.25, 0.3) is 28.2 Å². The average Bonchev–Trinajstić information content (AvgIpc) is 3.46. The third kappa shape index (κ3) is 2.92. The minimum absolute atomic E-state index is 0.697. The first-order chi connectivity index (χ1) is 13.8. The Bertz CT molecular complexity index is 1220. The maximum atomic E-state index is 5.61. The van der Waals surface area contributed by atoms with Crippen molar-refractivity contribution in [2.24, 2.45) is 7.05 Å². The van der Waals surface area contributed by atoms with Crippen LogP contribution in [-0.2, 0) is 13.6 Å². The van der Waals surface area contributed by atoms with Crippen molar-refractivity contribution in [3.63, 3.8) is 0 Å². The fourth-order valence-corrected chi connectivity index (χ4v) is 3.22. The molecule has 0 bridgehead atoms. The molecule has 5 aromatic rings. The molecule has 0 aliphatic heterocycles. The standard InChI is InChI=1S/C21H18N6O/c1-26-14-16(13-23-26)19-20(17-8-5-11-28-17)25-27-10-9-18(24-21(19)27)22-12-15-6-3-2-4-7-15/h2-11,13-14H,12H2,1H3,(H,22,24). The van der Waals surface area contributed by atoms with Gasteiger partial charge in [0.05, 0.1) is 18.0 Å². The molecule has 1 N–H and O–H groups in total. The zero-order valence-electron chi connectivity index (χ0n) is 15.3. The smallest absolute Gasteiger partial charge is 0.166 e. The Morgan fingerprint density at radius 3 is 2.71 bits per heavy atom. The molecule has 0 saturated heterocycles. The van der Waals surface area contributed by atoms with Crippen molar-refractivity contribution in [3.05, 3.63) is 78.9 Å². The Hall–Kier alpha value is -3.87. The number of hydrogen-bond donors (Lipinski definition) is 1. The minimum Gasteiger partial charge on any atom is -0.463 e. The highest BCUT2D eigenvalue weighted by Crippen LogP contribution is 2.34. The van der Waals surface area contributed by atoms with Gasteiger partial charge in [-0.15, -0.1) is 0 Å². The van der Waals surface area contributed by atoms with E-state index >= 15 is 0 Å². The van der Waals surface area contributed by atoms with Gasteiger partial charge in [-0.3, -0.25) is 4.68 Å². The largest absolute Gasteiger partial charge is 0.463 e. The van der Waals surface area contributed by atoms with Crippen LogP contribution in [0.3, 0.4) is 0 Å². The van der Waals surface area contributed by atoms with E-state index in [0.717, 1.165) is 28.3 Å². The lowest BCUT2D eigenvalue weighted by Crippen LogP contribution is -2.02. The molecule has 4 aromatic heterocycles. The second-order valence-electron chi connectivity index (χ2n) is 6.52. The van der Waals surface area contributed by atoms with Crippen LogP contribution in [0, 0.1) is 0 Å². The van der Waals surface area contributed by atoms with E-state index in [9.17, 15) is 0 Å². The SMILES string of the molecule is Cn1cc(-c2c(-c3ccco3)nn3ccc(NCc4ccccc4)nc23)cn1. The Kier molecular flexibility index (Phi) is 3.90. The van der Waals surface area contributed by atoms with Gasteiger partial charge in [-0.05, 0) is 23.8 Å². The van der Waals surface area contributed by atoms with Crippen LogP contribution in [-0.4, -0.2) is 24.4 Å². The topological polar surface area (TPSA) is 73.2 Å². The normalized spacial score (nSPS) is 11.2. The van der Waals surface area contributed by atoms with Gasteiger partial charge in [-0.25, -0.2) is 9.50 Å². The van der Waals surface area contributed by atoms with Crippen molar-refractivity contribution in [1.82, 2.24) is 24.4 Å². The highest BCUT2D eigenvalue weighted by atomic mass is 16.3. The van der Waals surface area contributed by atoms with E-state index in [-0.39, 0.29) is 0 Å². The van der Waals surface area contributed by atoms with Crippen LogP contribution in [0.4, 0.5) is 5.82 Å². The molecule has 7 heteroatoms. The number of fused-ring (bicyclic) bond motifs is 1. The summed E-state index contributed by atoms with van der Waals surface area (Å²) in [4.78, 5) is 4.82. The zero-order valence-corrected chi connectivity index (χ0v) is 15.3. The third-order valence-electron chi connectivity index (χ3n) is 4.55. The minimum atomic E-state index is 0.697. The molecule has 0 atom stereocenters. The summed E-state index contributed by atoms with van der Waals surface area (Å²) in [6.07, 6.45) is 7.32. The number of aryl methyl sites for hydroxylation is 1. The lowest BCUT2D eigenvalue weighted by atomic mass is 10.1. The van der Waals surface area contributed by atoms with E-state index in [1.54, 1.807) is 15.5 Å². The summed E-state index contributed by atoms with van der Waals surface area (Å²) in [5.74, 6) is 1.48. The van der Waals surface area contributed by atoms with Gasteiger partial charge >= 0.3 is 0 Å². The van der Waals surface area contributed by atoms with Crippen molar-refractivity contribution in [2.45, 2.75) is 6.54 Å². The van der Waals surface area contributed by atoms with Gasteiger partial charge in [-0.1, -0.05) is 30.3 Å². The molecule has 0 spiro atoms. The van der Waals surface area contributed by atoms with Crippen molar-refractivity contribution >= 4 is 11.5 Å². The number of nitrogens with one attached hydrogen (secondary N) is 1. The summed E-state index contributed by atoms with van der Waals surface area (Å²) < 4.78 is 9.15. The molecule has 0 aliphatic carbocycles. The first-order valence-electron chi connectivity index (χ1n) is 8.98. The molecule has 138 valence electrons. The van der Waals surface area contributed by atoms with Gasteiger partial charge in [0.15, 0.2) is 11.4 Å². The van der Waals surface area contributed by atoms with Gasteiger partial charge < -0.3 is 9.73 Å². The van der Waals surface area contributed by atoms with Crippen LogP contribution in [0.1, 0.15) is 5.56 Å². The summed E-state index contributed by atoms with van der Waals surface area (Å²) in [6.45, 7) is 0.700. The van der Waals surface area contributed by atoms with E-state index in [1.807, 2.05) is 62.0 Å². The number of aromatic nitrogens is 5. The van der Waals surface area contributed by atoms with Crippen molar-refractivity contribution in [3.8, 4) is 22.6 Å². The van der Waals surface area contributed by atoms with Crippen LogP contribution < -0.4 is 5.32 Å². The Morgan fingerprint density at radius 2 is 1.96 bits per heavy atom. The zero-order chi connectivity index (χ0) is 18.9. The lowest BCUT2D eigenvalue weighted by molar-refractivity contribution is 0.579. The van der Waals surface area contributed by atoms with Gasteiger partial charge in [0.25, 0.3) is 0 Å². The molecule has 28 heavy (non-hydrogen) atoms. The number of furan rings is 1. The Labute approximate surface area is 161 Å². The molecule has 0 aliphatic rings. The molecule has 0 unspecified atom stereocenters. The first-order valence-corrected chi connectivity index (χ1v) is 8.98. The second-order valence-corrected chi connectivity index (χ2v) is 6.52. The number of nitrogens with zero attached hydrogens (tertiary/aromatic N) is 5. The summed E-state index contributed by atoms with van der Waals surface area (Å²) >= 11 is 0. The predicted molar refractivity (Wildman–Crippen MR) is 107 cm³/mol. The number of hydrogen-bond acceptors (Lipinski definition) is 5. The quantitative estimate of drug-likeness (QED) is 0.506. The van der Waals surface area contributed by atoms with E-state index in [4.69, 9.17) is 14.5 Å². The van der Waals surface area contributed by atoms with Crippen LogP contribution >= 0.6 is 0 Å². The summed E-state index contributed by atoms with van der Waals surface area (Å²) in [6, 6.07) is 15.9. The number of rotatable bonds is 5.